The average molecular weight is 502 g/mol. The number of aliphatic hydroxyl groups excluding tert-OH is 1. The summed E-state index contributed by atoms with van der Waals surface area (Å²) in [5, 5.41) is 11.6. The molecule has 2 heterocycles. The Morgan fingerprint density at radius 1 is 1.03 bits per heavy atom. The summed E-state index contributed by atoms with van der Waals surface area (Å²) in [6.45, 7) is 2.05. The van der Waals surface area contributed by atoms with Crippen LogP contribution in [0.15, 0.2) is 99.1 Å². The maximum absolute atomic E-state index is 13.6. The molecule has 0 bridgehead atoms. The first kappa shape index (κ1) is 21.2. The highest BCUT2D eigenvalue weighted by molar-refractivity contribution is 9.10. The van der Waals surface area contributed by atoms with Crippen molar-refractivity contribution < 1.29 is 19.1 Å². The van der Waals surface area contributed by atoms with Gasteiger partial charge < -0.3 is 9.52 Å². The van der Waals surface area contributed by atoms with Gasteiger partial charge in [-0.25, -0.2) is 0 Å². The molecular formula is C27H20BrNO4. The lowest BCUT2D eigenvalue weighted by Gasteiger charge is -2.27. The zero-order chi connectivity index (χ0) is 23.1. The minimum Gasteiger partial charge on any atom is -0.503 e. The third-order valence-electron chi connectivity index (χ3n) is 5.89. The maximum Gasteiger partial charge on any atom is 0.294 e. The van der Waals surface area contributed by atoms with Crippen molar-refractivity contribution in [3.05, 3.63) is 112 Å². The molecule has 1 unspecified atom stereocenters. The van der Waals surface area contributed by atoms with Crippen molar-refractivity contribution >= 4 is 44.3 Å². The summed E-state index contributed by atoms with van der Waals surface area (Å²) in [5.41, 5.74) is 3.01. The van der Waals surface area contributed by atoms with Crippen molar-refractivity contribution in [2.24, 2.45) is 0 Å². The van der Waals surface area contributed by atoms with Crippen molar-refractivity contribution in [3.63, 3.8) is 0 Å². The number of Topliss-reactive ketones (excluding diaryl/α,β-unsaturated/α-hetero) is 1. The normalized spacial score (nSPS) is 16.1. The molecule has 33 heavy (non-hydrogen) atoms. The Morgan fingerprint density at radius 3 is 2.45 bits per heavy atom. The molecule has 1 aliphatic heterocycles. The molecule has 0 saturated carbocycles. The number of halogens is 1. The predicted molar refractivity (Wildman–Crippen MR) is 130 cm³/mol. The third kappa shape index (κ3) is 3.66. The number of amides is 1. The Kier molecular flexibility index (Phi) is 5.38. The summed E-state index contributed by atoms with van der Waals surface area (Å²) >= 11 is 3.42. The Balaban J connectivity index is 1.63. The van der Waals surface area contributed by atoms with E-state index in [0.717, 1.165) is 27.4 Å². The first-order valence-corrected chi connectivity index (χ1v) is 11.4. The van der Waals surface area contributed by atoms with E-state index in [1.54, 1.807) is 12.1 Å². The lowest BCUT2D eigenvalue weighted by molar-refractivity contribution is -0.117. The maximum atomic E-state index is 13.6. The SMILES string of the molecule is CCc1ccc(N2C(=O)C(O)=C(C(=O)c3cc4cc(Br)ccc4o3)C2c2ccccc2)cc1. The van der Waals surface area contributed by atoms with Gasteiger partial charge in [-0.3, -0.25) is 14.5 Å². The molecule has 164 valence electrons. The van der Waals surface area contributed by atoms with Crippen LogP contribution < -0.4 is 4.90 Å². The van der Waals surface area contributed by atoms with Crippen LogP contribution in [0.1, 0.15) is 34.6 Å². The van der Waals surface area contributed by atoms with Gasteiger partial charge in [-0.2, -0.15) is 0 Å². The van der Waals surface area contributed by atoms with Gasteiger partial charge in [0, 0.05) is 15.5 Å². The number of carbonyl (C=O) groups excluding carboxylic acids is 2. The monoisotopic (exact) mass is 501 g/mol. The number of fused-ring (bicyclic) bond motifs is 1. The fourth-order valence-corrected chi connectivity index (χ4v) is 4.58. The fourth-order valence-electron chi connectivity index (χ4n) is 4.21. The van der Waals surface area contributed by atoms with E-state index < -0.39 is 23.5 Å². The number of rotatable bonds is 5. The van der Waals surface area contributed by atoms with E-state index in [9.17, 15) is 14.7 Å². The largest absolute Gasteiger partial charge is 0.503 e. The Hall–Kier alpha value is -3.64. The standard InChI is InChI=1S/C27H20BrNO4/c1-2-16-8-11-20(12-9-16)29-24(17-6-4-3-5-7-17)23(26(31)27(29)32)25(30)22-15-18-14-19(28)10-13-21(18)33-22/h3-15,24,31H,2H2,1H3. The van der Waals surface area contributed by atoms with Gasteiger partial charge >= 0.3 is 0 Å². The molecule has 3 aromatic carbocycles. The molecule has 1 atom stereocenters. The van der Waals surface area contributed by atoms with Crippen molar-refractivity contribution in [2.75, 3.05) is 4.90 Å². The molecule has 1 aliphatic rings. The number of aryl methyl sites for hydroxylation is 1. The summed E-state index contributed by atoms with van der Waals surface area (Å²) < 4.78 is 6.65. The second kappa shape index (κ2) is 8.37. The van der Waals surface area contributed by atoms with Gasteiger partial charge in [0.25, 0.3) is 5.91 Å². The fraction of sp³-hybridized carbons (Fsp3) is 0.111. The second-order valence-electron chi connectivity index (χ2n) is 7.89. The van der Waals surface area contributed by atoms with Crippen LogP contribution in [0.4, 0.5) is 5.69 Å². The van der Waals surface area contributed by atoms with Crippen LogP contribution in [0, 0.1) is 0 Å². The highest BCUT2D eigenvalue weighted by Gasteiger charge is 2.45. The number of anilines is 1. The van der Waals surface area contributed by atoms with E-state index in [1.165, 1.54) is 4.90 Å². The Labute approximate surface area is 199 Å². The minimum absolute atomic E-state index is 0.00360. The number of benzene rings is 3. The van der Waals surface area contributed by atoms with E-state index in [2.05, 4.69) is 22.9 Å². The van der Waals surface area contributed by atoms with Gasteiger partial charge in [0.05, 0.1) is 11.6 Å². The number of aliphatic hydroxyl groups is 1. The van der Waals surface area contributed by atoms with Crippen LogP contribution in [0.3, 0.4) is 0 Å². The highest BCUT2D eigenvalue weighted by atomic mass is 79.9. The highest BCUT2D eigenvalue weighted by Crippen LogP contribution is 2.42. The van der Waals surface area contributed by atoms with E-state index >= 15 is 0 Å². The van der Waals surface area contributed by atoms with E-state index in [0.29, 0.717) is 11.3 Å². The number of furan rings is 1. The summed E-state index contributed by atoms with van der Waals surface area (Å²) in [7, 11) is 0. The van der Waals surface area contributed by atoms with Gasteiger partial charge in [0.2, 0.25) is 5.78 Å². The summed E-state index contributed by atoms with van der Waals surface area (Å²) in [5.74, 6) is -1.62. The first-order chi connectivity index (χ1) is 16.0. The topological polar surface area (TPSA) is 70.8 Å². The van der Waals surface area contributed by atoms with Gasteiger partial charge in [-0.05, 0) is 53.9 Å². The molecule has 1 amide bonds. The molecule has 0 spiro atoms. The third-order valence-corrected chi connectivity index (χ3v) is 6.39. The van der Waals surface area contributed by atoms with Crippen molar-refractivity contribution in [3.8, 4) is 0 Å². The van der Waals surface area contributed by atoms with Crippen molar-refractivity contribution in [2.45, 2.75) is 19.4 Å². The number of hydrogen-bond acceptors (Lipinski definition) is 4. The van der Waals surface area contributed by atoms with Gasteiger partial charge in [0.1, 0.15) is 5.58 Å². The molecule has 4 aromatic rings. The van der Waals surface area contributed by atoms with Crippen molar-refractivity contribution in [1.29, 1.82) is 0 Å². The molecule has 0 aliphatic carbocycles. The molecule has 0 radical (unpaired) electrons. The molecule has 1 N–H and O–H groups in total. The number of ketones is 1. The number of hydrogen-bond donors (Lipinski definition) is 1. The molecule has 0 saturated heterocycles. The summed E-state index contributed by atoms with van der Waals surface area (Å²) in [4.78, 5) is 28.3. The first-order valence-electron chi connectivity index (χ1n) is 10.6. The van der Waals surface area contributed by atoms with Gasteiger partial charge in [-0.15, -0.1) is 0 Å². The van der Waals surface area contributed by atoms with Crippen molar-refractivity contribution in [1.82, 2.24) is 0 Å². The quantitative estimate of drug-likeness (QED) is 0.315. The van der Waals surface area contributed by atoms with Crippen LogP contribution in [0.2, 0.25) is 0 Å². The predicted octanol–water partition coefficient (Wildman–Crippen LogP) is 6.54. The van der Waals surface area contributed by atoms with Gasteiger partial charge in [0.15, 0.2) is 11.5 Å². The lowest BCUT2D eigenvalue weighted by atomic mass is 9.94. The van der Waals surface area contributed by atoms with E-state index in [1.807, 2.05) is 66.7 Å². The average Bonchev–Trinajstić information content (AvgIpc) is 3.38. The Bertz CT molecular complexity index is 1400. The second-order valence-corrected chi connectivity index (χ2v) is 8.81. The van der Waals surface area contributed by atoms with Gasteiger partial charge in [-0.1, -0.05) is 65.3 Å². The smallest absolute Gasteiger partial charge is 0.294 e. The molecule has 5 rings (SSSR count). The number of nitrogens with zero attached hydrogens (tertiary/aromatic N) is 1. The molecule has 0 fully saturated rings. The lowest BCUT2D eigenvalue weighted by Crippen LogP contribution is -2.31. The molecule has 5 nitrogen and oxygen atoms in total. The molecule has 1 aromatic heterocycles. The minimum atomic E-state index is -0.779. The zero-order valence-electron chi connectivity index (χ0n) is 17.8. The number of carbonyl (C=O) groups is 2. The van der Waals surface area contributed by atoms with Crippen LogP contribution in [-0.2, 0) is 11.2 Å². The molecular weight excluding hydrogens is 482 g/mol. The summed E-state index contributed by atoms with van der Waals surface area (Å²) in [6, 6.07) is 23.1. The van der Waals surface area contributed by atoms with Crippen LogP contribution >= 0.6 is 15.9 Å². The summed E-state index contributed by atoms with van der Waals surface area (Å²) in [6.07, 6.45) is 0.867. The van der Waals surface area contributed by atoms with E-state index in [-0.39, 0.29) is 11.3 Å². The van der Waals surface area contributed by atoms with Crippen LogP contribution in [0.5, 0.6) is 0 Å². The molecule has 6 heteroatoms. The van der Waals surface area contributed by atoms with Crippen LogP contribution in [0.25, 0.3) is 11.0 Å². The Morgan fingerprint density at radius 2 is 1.76 bits per heavy atom. The van der Waals surface area contributed by atoms with E-state index in [4.69, 9.17) is 4.42 Å². The van der Waals surface area contributed by atoms with Crippen LogP contribution in [-0.4, -0.2) is 16.8 Å². The zero-order valence-corrected chi connectivity index (χ0v) is 19.4.